The molecule has 0 saturated carbocycles. The molecule has 0 spiro atoms. The summed E-state index contributed by atoms with van der Waals surface area (Å²) in [7, 11) is 1.67. The highest BCUT2D eigenvalue weighted by Gasteiger charge is 2.18. The molecule has 10 heteroatoms. The number of amides is 3. The van der Waals surface area contributed by atoms with Crippen LogP contribution in [0.15, 0.2) is 36.7 Å². The molecule has 1 fully saturated rings. The molecule has 0 bridgehead atoms. The van der Waals surface area contributed by atoms with Crippen LogP contribution in [0.2, 0.25) is 0 Å². The second kappa shape index (κ2) is 12.4. The number of benzene rings is 1. The van der Waals surface area contributed by atoms with Crippen molar-refractivity contribution in [3.05, 3.63) is 48.0 Å². The van der Waals surface area contributed by atoms with Gasteiger partial charge in [-0.05, 0) is 56.7 Å². The minimum Gasteiger partial charge on any atom is -0.444 e. The van der Waals surface area contributed by atoms with E-state index in [1.54, 1.807) is 40.2 Å². The van der Waals surface area contributed by atoms with Gasteiger partial charge < -0.3 is 25.0 Å². The molecule has 10 nitrogen and oxygen atoms in total. The maximum atomic E-state index is 12.4. The molecule has 0 radical (unpaired) electrons. The lowest BCUT2D eigenvalue weighted by Crippen LogP contribution is -2.40. The Morgan fingerprint density at radius 1 is 1.08 bits per heavy atom. The number of hydrogen-bond donors (Lipinski definition) is 2. The van der Waals surface area contributed by atoms with Gasteiger partial charge in [-0.3, -0.25) is 9.59 Å². The average Bonchev–Trinajstić information content (AvgIpc) is 2.85. The summed E-state index contributed by atoms with van der Waals surface area (Å²) in [5.41, 5.74) is 1.90. The molecule has 1 aliphatic rings. The molecule has 0 aliphatic carbocycles. The van der Waals surface area contributed by atoms with Gasteiger partial charge in [0.05, 0.1) is 0 Å². The number of rotatable bonds is 8. The fourth-order valence-electron chi connectivity index (χ4n) is 3.67. The van der Waals surface area contributed by atoms with Crippen molar-refractivity contribution in [2.45, 2.75) is 45.8 Å². The van der Waals surface area contributed by atoms with E-state index in [0.29, 0.717) is 19.0 Å². The number of carbonyl (C=O) groups excluding carboxylic acids is 3. The SMILES string of the molecule is CN(Cc1cccc(-c2cnc(C(=O)NCC3CCOCC3)nc2)c1)C(=O)CNC(=O)OC(C)(C)C. The molecule has 2 aromatic rings. The standard InChI is InChI=1S/C26H35N5O5/c1-26(2,3)36-25(34)30-16-22(32)31(4)17-19-6-5-7-20(12-19)21-14-27-23(28-15-21)24(33)29-13-18-8-10-35-11-9-18/h5-7,12,14-15,18H,8-11,13,16-17H2,1-4H3,(H,29,33)(H,30,34). The van der Waals surface area contributed by atoms with Crippen LogP contribution in [-0.4, -0.2) is 71.7 Å². The lowest BCUT2D eigenvalue weighted by Gasteiger charge is -2.21. The lowest BCUT2D eigenvalue weighted by atomic mass is 10.0. The monoisotopic (exact) mass is 497 g/mol. The Labute approximate surface area is 211 Å². The van der Waals surface area contributed by atoms with E-state index in [0.717, 1.165) is 42.7 Å². The summed E-state index contributed by atoms with van der Waals surface area (Å²) in [6.45, 7) is 7.54. The van der Waals surface area contributed by atoms with Crippen LogP contribution >= 0.6 is 0 Å². The summed E-state index contributed by atoms with van der Waals surface area (Å²) < 4.78 is 10.5. The van der Waals surface area contributed by atoms with E-state index in [2.05, 4.69) is 20.6 Å². The van der Waals surface area contributed by atoms with Crippen LogP contribution in [0.25, 0.3) is 11.1 Å². The van der Waals surface area contributed by atoms with Gasteiger partial charge in [0.15, 0.2) is 0 Å². The van der Waals surface area contributed by atoms with Crippen LogP contribution in [0.4, 0.5) is 4.79 Å². The number of ether oxygens (including phenoxy) is 2. The maximum Gasteiger partial charge on any atom is 0.408 e. The van der Waals surface area contributed by atoms with Crippen molar-refractivity contribution in [1.29, 1.82) is 0 Å². The third kappa shape index (κ3) is 8.60. The first kappa shape index (κ1) is 27.1. The highest BCUT2D eigenvalue weighted by Crippen LogP contribution is 2.20. The predicted octanol–water partition coefficient (Wildman–Crippen LogP) is 2.78. The van der Waals surface area contributed by atoms with E-state index < -0.39 is 11.7 Å². The third-order valence-corrected chi connectivity index (χ3v) is 5.64. The van der Waals surface area contributed by atoms with Crippen molar-refractivity contribution < 1.29 is 23.9 Å². The molecule has 0 atom stereocenters. The molecule has 1 aliphatic heterocycles. The van der Waals surface area contributed by atoms with Crippen LogP contribution in [-0.2, 0) is 20.8 Å². The van der Waals surface area contributed by atoms with E-state index in [9.17, 15) is 14.4 Å². The van der Waals surface area contributed by atoms with E-state index in [1.165, 1.54) is 4.90 Å². The number of carbonyl (C=O) groups is 3. The Hall–Kier alpha value is -3.53. The van der Waals surface area contributed by atoms with Crippen LogP contribution in [0, 0.1) is 5.92 Å². The normalized spacial score (nSPS) is 14.1. The summed E-state index contributed by atoms with van der Waals surface area (Å²) >= 11 is 0. The Bertz CT molecular complexity index is 1050. The number of hydrogen-bond acceptors (Lipinski definition) is 7. The molecule has 1 saturated heterocycles. The summed E-state index contributed by atoms with van der Waals surface area (Å²) in [5, 5.41) is 5.38. The zero-order chi connectivity index (χ0) is 26.1. The first-order valence-corrected chi connectivity index (χ1v) is 12.1. The van der Waals surface area contributed by atoms with E-state index >= 15 is 0 Å². The fraction of sp³-hybridized carbons (Fsp3) is 0.500. The zero-order valence-corrected chi connectivity index (χ0v) is 21.4. The molecular formula is C26H35N5O5. The molecule has 1 aromatic heterocycles. The van der Waals surface area contributed by atoms with Gasteiger partial charge in [0.1, 0.15) is 12.1 Å². The van der Waals surface area contributed by atoms with Crippen LogP contribution in [0.1, 0.15) is 49.8 Å². The predicted molar refractivity (Wildman–Crippen MR) is 134 cm³/mol. The van der Waals surface area contributed by atoms with Gasteiger partial charge in [0, 0.05) is 51.3 Å². The van der Waals surface area contributed by atoms with Gasteiger partial charge >= 0.3 is 6.09 Å². The topological polar surface area (TPSA) is 123 Å². The van der Waals surface area contributed by atoms with E-state index in [4.69, 9.17) is 9.47 Å². The molecule has 2 heterocycles. The lowest BCUT2D eigenvalue weighted by molar-refractivity contribution is -0.129. The number of nitrogens with zero attached hydrogens (tertiary/aromatic N) is 3. The Morgan fingerprint density at radius 2 is 1.78 bits per heavy atom. The van der Waals surface area contributed by atoms with Gasteiger partial charge in [0.25, 0.3) is 5.91 Å². The summed E-state index contributed by atoms with van der Waals surface area (Å²) in [6, 6.07) is 7.65. The second-order valence-corrected chi connectivity index (χ2v) is 9.87. The van der Waals surface area contributed by atoms with Crippen molar-refractivity contribution in [2.24, 2.45) is 5.92 Å². The molecule has 2 N–H and O–H groups in total. The largest absolute Gasteiger partial charge is 0.444 e. The molecule has 194 valence electrons. The minimum absolute atomic E-state index is 0.129. The third-order valence-electron chi connectivity index (χ3n) is 5.64. The van der Waals surface area contributed by atoms with Gasteiger partial charge in [0.2, 0.25) is 11.7 Å². The van der Waals surface area contributed by atoms with Crippen molar-refractivity contribution in [3.8, 4) is 11.1 Å². The average molecular weight is 498 g/mol. The Morgan fingerprint density at radius 3 is 2.44 bits per heavy atom. The molecular weight excluding hydrogens is 462 g/mol. The van der Waals surface area contributed by atoms with Gasteiger partial charge in [-0.25, -0.2) is 14.8 Å². The van der Waals surface area contributed by atoms with E-state index in [-0.39, 0.29) is 24.2 Å². The quantitative estimate of drug-likeness (QED) is 0.575. The van der Waals surface area contributed by atoms with Crippen molar-refractivity contribution in [1.82, 2.24) is 25.5 Å². The van der Waals surface area contributed by atoms with Crippen LogP contribution in [0.5, 0.6) is 0 Å². The highest BCUT2D eigenvalue weighted by atomic mass is 16.6. The van der Waals surface area contributed by atoms with Gasteiger partial charge in [-0.2, -0.15) is 0 Å². The second-order valence-electron chi connectivity index (χ2n) is 9.87. The van der Waals surface area contributed by atoms with Crippen LogP contribution in [0.3, 0.4) is 0 Å². The minimum atomic E-state index is -0.632. The van der Waals surface area contributed by atoms with E-state index in [1.807, 2.05) is 24.3 Å². The van der Waals surface area contributed by atoms with Crippen molar-refractivity contribution >= 4 is 17.9 Å². The smallest absolute Gasteiger partial charge is 0.408 e. The molecule has 0 unspecified atom stereocenters. The first-order valence-electron chi connectivity index (χ1n) is 12.1. The molecule has 3 rings (SSSR count). The van der Waals surface area contributed by atoms with Gasteiger partial charge in [-0.1, -0.05) is 18.2 Å². The summed E-state index contributed by atoms with van der Waals surface area (Å²) in [6.07, 6.45) is 4.49. The van der Waals surface area contributed by atoms with Crippen LogP contribution < -0.4 is 10.6 Å². The Kier molecular flexibility index (Phi) is 9.35. The first-order chi connectivity index (χ1) is 17.1. The molecule has 3 amide bonds. The zero-order valence-electron chi connectivity index (χ0n) is 21.4. The molecule has 36 heavy (non-hydrogen) atoms. The highest BCUT2D eigenvalue weighted by molar-refractivity contribution is 5.90. The maximum absolute atomic E-state index is 12.4. The Balaban J connectivity index is 1.53. The van der Waals surface area contributed by atoms with Crippen molar-refractivity contribution in [2.75, 3.05) is 33.4 Å². The number of nitrogens with one attached hydrogen (secondary N) is 2. The van der Waals surface area contributed by atoms with Gasteiger partial charge in [-0.15, -0.1) is 0 Å². The fourth-order valence-corrected chi connectivity index (χ4v) is 3.67. The number of aromatic nitrogens is 2. The number of alkyl carbamates (subject to hydrolysis) is 1. The number of likely N-dealkylation sites (N-methyl/N-ethyl adjacent to an activating group) is 1. The molecule has 1 aromatic carbocycles. The summed E-state index contributed by atoms with van der Waals surface area (Å²) in [5.74, 6) is 0.0141. The summed E-state index contributed by atoms with van der Waals surface area (Å²) in [4.78, 5) is 46.6. The van der Waals surface area contributed by atoms with Crippen molar-refractivity contribution in [3.63, 3.8) is 0 Å².